The second-order valence-corrected chi connectivity index (χ2v) is 8.07. The lowest BCUT2D eigenvalue weighted by atomic mass is 10.2. The molecule has 1 saturated heterocycles. The minimum atomic E-state index is -4.63. The van der Waals surface area contributed by atoms with E-state index in [1.807, 2.05) is 0 Å². The summed E-state index contributed by atoms with van der Waals surface area (Å²) in [6, 6.07) is 0. The summed E-state index contributed by atoms with van der Waals surface area (Å²) >= 11 is 0. The summed E-state index contributed by atoms with van der Waals surface area (Å²) in [4.78, 5) is 37.6. The molecule has 0 radical (unpaired) electrons. The van der Waals surface area contributed by atoms with Crippen molar-refractivity contribution in [3.63, 3.8) is 0 Å². The second kappa shape index (κ2) is 12.0. The van der Waals surface area contributed by atoms with Gasteiger partial charge in [0.1, 0.15) is 17.8 Å². The number of hydrogen-bond donors (Lipinski definition) is 3. The number of esters is 2. The van der Waals surface area contributed by atoms with Crippen LogP contribution in [0.5, 0.6) is 0 Å². The van der Waals surface area contributed by atoms with Crippen LogP contribution in [0.25, 0.3) is 0 Å². The van der Waals surface area contributed by atoms with Gasteiger partial charge in [-0.15, -0.1) is 0 Å². The molecule has 13 nitrogen and oxygen atoms in total. The number of nitrogens with two attached hydrogens (primary N) is 1. The van der Waals surface area contributed by atoms with E-state index in [1.54, 1.807) is 7.05 Å². The van der Waals surface area contributed by atoms with Crippen molar-refractivity contribution in [1.82, 2.24) is 10.2 Å². The highest BCUT2D eigenvalue weighted by Crippen LogP contribution is 2.44. The minimum absolute atomic E-state index is 0.0627. The van der Waals surface area contributed by atoms with E-state index >= 15 is 0 Å². The Labute approximate surface area is 183 Å². The van der Waals surface area contributed by atoms with Crippen molar-refractivity contribution in [1.29, 1.82) is 0 Å². The lowest BCUT2D eigenvalue weighted by Gasteiger charge is -2.29. The lowest BCUT2D eigenvalue weighted by Crippen LogP contribution is -2.37. The third-order valence-corrected chi connectivity index (χ3v) is 5.06. The van der Waals surface area contributed by atoms with E-state index < -0.39 is 58.3 Å². The normalized spacial score (nSPS) is 24.7. The standard InChI is InChI=1S/C17H26FN4O9P/c1-11-21-14(19)4-6-22(11)17-13(18)7-12(31-17)8-29-32(25,26)30-10-28-16(24)9-27-15(23)3-5-20-2/h4,6,12-13,17,20H,1,3,5,7-10H2,2H3,(H2,19,21)(H,25,26). The Balaban J connectivity index is 1.68. The fraction of sp³-hybridized carbons (Fsp3) is 0.588. The van der Waals surface area contributed by atoms with Crippen molar-refractivity contribution < 1.29 is 46.7 Å². The fourth-order valence-corrected chi connectivity index (χ4v) is 3.24. The van der Waals surface area contributed by atoms with Gasteiger partial charge in [0.25, 0.3) is 0 Å². The third kappa shape index (κ3) is 8.30. The Kier molecular flexibility index (Phi) is 9.75. The van der Waals surface area contributed by atoms with E-state index in [1.165, 1.54) is 17.2 Å². The molecule has 2 rings (SSSR count). The number of nitrogens with one attached hydrogen (secondary N) is 1. The van der Waals surface area contributed by atoms with Gasteiger partial charge in [-0.2, -0.15) is 0 Å². The molecule has 0 spiro atoms. The summed E-state index contributed by atoms with van der Waals surface area (Å²) in [5, 5.41) is 2.74. The van der Waals surface area contributed by atoms with Crippen molar-refractivity contribution >= 4 is 25.6 Å². The average molecular weight is 480 g/mol. The number of phosphoric acid groups is 1. The first-order valence-corrected chi connectivity index (χ1v) is 11.0. The maximum Gasteiger partial charge on any atom is 0.475 e. The molecule has 1 fully saturated rings. The van der Waals surface area contributed by atoms with Gasteiger partial charge in [0.15, 0.2) is 12.8 Å². The lowest BCUT2D eigenvalue weighted by molar-refractivity contribution is -0.163. The molecule has 0 amide bonds. The second-order valence-electron chi connectivity index (χ2n) is 6.62. The summed E-state index contributed by atoms with van der Waals surface area (Å²) in [7, 11) is -2.98. The quantitative estimate of drug-likeness (QED) is 0.192. The predicted molar refractivity (Wildman–Crippen MR) is 107 cm³/mol. The number of aliphatic imine (C=N–C) groups is 1. The van der Waals surface area contributed by atoms with Gasteiger partial charge in [-0.05, 0) is 13.1 Å². The fourth-order valence-electron chi connectivity index (χ4n) is 2.62. The average Bonchev–Trinajstić information content (AvgIpc) is 3.09. The van der Waals surface area contributed by atoms with Gasteiger partial charge < -0.3 is 35.1 Å². The zero-order valence-electron chi connectivity index (χ0n) is 17.3. The van der Waals surface area contributed by atoms with Crippen molar-refractivity contribution in [2.75, 3.05) is 33.6 Å². The van der Waals surface area contributed by atoms with Crippen LogP contribution in [0.2, 0.25) is 0 Å². The molecular weight excluding hydrogens is 454 g/mol. The van der Waals surface area contributed by atoms with Gasteiger partial charge in [-0.25, -0.2) is 23.3 Å². The molecule has 4 N–H and O–H groups in total. The predicted octanol–water partition coefficient (Wildman–Crippen LogP) is -0.116. The number of halogens is 1. The summed E-state index contributed by atoms with van der Waals surface area (Å²) in [6.07, 6.45) is -0.492. The molecule has 2 aliphatic rings. The first-order chi connectivity index (χ1) is 15.1. The molecular formula is C17H26FN4O9P. The number of rotatable bonds is 12. The number of amidine groups is 1. The Hall–Kier alpha value is -2.35. The van der Waals surface area contributed by atoms with Crippen LogP contribution in [0, 0.1) is 0 Å². The van der Waals surface area contributed by atoms with E-state index in [9.17, 15) is 23.4 Å². The van der Waals surface area contributed by atoms with Crippen LogP contribution in [-0.2, 0) is 37.4 Å². The summed E-state index contributed by atoms with van der Waals surface area (Å²) in [6.45, 7) is 1.99. The zero-order valence-corrected chi connectivity index (χ0v) is 18.2. The van der Waals surface area contributed by atoms with Crippen LogP contribution >= 0.6 is 7.82 Å². The van der Waals surface area contributed by atoms with Gasteiger partial charge >= 0.3 is 19.8 Å². The minimum Gasteiger partial charge on any atom is -0.454 e. The largest absolute Gasteiger partial charge is 0.475 e. The van der Waals surface area contributed by atoms with E-state index in [0.717, 1.165) is 0 Å². The topological polar surface area (TPSA) is 171 Å². The Morgan fingerprint density at radius 2 is 2.19 bits per heavy atom. The molecule has 2 heterocycles. The molecule has 0 aliphatic carbocycles. The Morgan fingerprint density at radius 3 is 2.88 bits per heavy atom. The van der Waals surface area contributed by atoms with Crippen LogP contribution < -0.4 is 11.1 Å². The van der Waals surface area contributed by atoms with E-state index in [4.69, 9.17) is 15.0 Å². The SMILES string of the molecule is C=C1N=C(N)C=CN1C1OC(COP(=O)(O)OCOC(=O)COC(=O)CCNC)CC1F. The zero-order chi connectivity index (χ0) is 23.7. The van der Waals surface area contributed by atoms with E-state index in [0.29, 0.717) is 6.54 Å². The van der Waals surface area contributed by atoms with Crippen LogP contribution in [-0.4, -0.2) is 79.7 Å². The molecule has 0 aromatic rings. The molecule has 4 atom stereocenters. The number of nitrogens with zero attached hydrogens (tertiary/aromatic N) is 2. The summed E-state index contributed by atoms with van der Waals surface area (Å²) in [5.74, 6) is -1.20. The highest BCUT2D eigenvalue weighted by Gasteiger charge is 2.41. The van der Waals surface area contributed by atoms with Crippen LogP contribution in [0.4, 0.5) is 4.39 Å². The molecule has 180 valence electrons. The molecule has 0 aromatic heterocycles. The van der Waals surface area contributed by atoms with Crippen molar-refractivity contribution in [2.24, 2.45) is 10.7 Å². The summed E-state index contributed by atoms with van der Waals surface area (Å²) in [5.41, 5.74) is 5.54. The number of hydrogen-bond acceptors (Lipinski definition) is 12. The maximum absolute atomic E-state index is 14.4. The number of alkyl halides is 1. The van der Waals surface area contributed by atoms with Crippen LogP contribution in [0.1, 0.15) is 12.8 Å². The van der Waals surface area contributed by atoms with Crippen molar-refractivity contribution in [3.8, 4) is 0 Å². The van der Waals surface area contributed by atoms with E-state index in [2.05, 4.69) is 30.9 Å². The van der Waals surface area contributed by atoms with Gasteiger partial charge in [-0.3, -0.25) is 9.32 Å². The van der Waals surface area contributed by atoms with Gasteiger partial charge in [0, 0.05) is 19.2 Å². The number of ether oxygens (including phenoxy) is 3. The molecule has 0 aromatic carbocycles. The molecule has 0 saturated carbocycles. The first-order valence-electron chi connectivity index (χ1n) is 9.48. The Morgan fingerprint density at radius 1 is 1.44 bits per heavy atom. The molecule has 15 heteroatoms. The van der Waals surface area contributed by atoms with Crippen molar-refractivity contribution in [2.45, 2.75) is 31.3 Å². The third-order valence-electron chi connectivity index (χ3n) is 4.16. The van der Waals surface area contributed by atoms with Gasteiger partial charge in [0.2, 0.25) is 6.79 Å². The highest BCUT2D eigenvalue weighted by molar-refractivity contribution is 7.47. The molecule has 2 aliphatic heterocycles. The molecule has 0 bridgehead atoms. The van der Waals surface area contributed by atoms with Crippen molar-refractivity contribution in [3.05, 3.63) is 24.7 Å². The number of phosphoric ester groups is 1. The highest BCUT2D eigenvalue weighted by atomic mass is 31.2. The molecule has 32 heavy (non-hydrogen) atoms. The van der Waals surface area contributed by atoms with E-state index in [-0.39, 0.29) is 24.5 Å². The summed E-state index contributed by atoms with van der Waals surface area (Å²) < 4.78 is 50.2. The smallest absolute Gasteiger partial charge is 0.454 e. The van der Waals surface area contributed by atoms with Crippen LogP contribution in [0.3, 0.4) is 0 Å². The van der Waals surface area contributed by atoms with Gasteiger partial charge in [-0.1, -0.05) is 6.58 Å². The van der Waals surface area contributed by atoms with Crippen LogP contribution in [0.15, 0.2) is 29.7 Å². The Bertz CT molecular complexity index is 809. The number of carbonyl (C=O) groups is 2. The first kappa shape index (κ1) is 25.9. The van der Waals surface area contributed by atoms with Gasteiger partial charge in [0.05, 0.1) is 19.1 Å². The molecule has 4 unspecified atom stereocenters. The monoisotopic (exact) mass is 480 g/mol. The maximum atomic E-state index is 14.4. The number of carbonyl (C=O) groups excluding carboxylic acids is 2.